The van der Waals surface area contributed by atoms with Crippen LogP contribution in [-0.2, 0) is 9.53 Å². The zero-order valence-corrected chi connectivity index (χ0v) is 11.8. The van der Waals surface area contributed by atoms with Crippen LogP contribution in [0.1, 0.15) is 31.7 Å². The van der Waals surface area contributed by atoms with E-state index in [9.17, 15) is 9.18 Å². The molecule has 0 heterocycles. The molecule has 20 heavy (non-hydrogen) atoms. The molecule has 2 atom stereocenters. The first-order valence-corrected chi connectivity index (χ1v) is 6.83. The van der Waals surface area contributed by atoms with Crippen LogP contribution in [0.3, 0.4) is 0 Å². The first-order chi connectivity index (χ1) is 9.44. The Labute approximate surface area is 118 Å². The first kappa shape index (κ1) is 14.8. The van der Waals surface area contributed by atoms with E-state index in [-0.39, 0.29) is 17.9 Å². The summed E-state index contributed by atoms with van der Waals surface area (Å²) in [6.45, 7) is 3.86. The van der Waals surface area contributed by atoms with E-state index in [0.717, 1.165) is 5.56 Å². The van der Waals surface area contributed by atoms with Gasteiger partial charge in [-0.25, -0.2) is 4.39 Å². The SMILES string of the molecule is CCOC(=O)C1(N)CCC(Oc2ccc(F)cc2C)C1. The molecule has 4 nitrogen and oxygen atoms in total. The predicted octanol–water partition coefficient (Wildman–Crippen LogP) is 2.33. The molecule has 0 radical (unpaired) electrons. The van der Waals surface area contributed by atoms with Crippen molar-refractivity contribution in [2.24, 2.45) is 5.73 Å². The van der Waals surface area contributed by atoms with Crippen LogP contribution < -0.4 is 10.5 Å². The second kappa shape index (κ2) is 5.79. The lowest BCUT2D eigenvalue weighted by Gasteiger charge is -2.22. The lowest BCUT2D eigenvalue weighted by atomic mass is 9.99. The molecular formula is C15H20FNO3. The van der Waals surface area contributed by atoms with E-state index in [1.807, 2.05) is 0 Å². The summed E-state index contributed by atoms with van der Waals surface area (Å²) in [5, 5.41) is 0. The number of hydrogen-bond donors (Lipinski definition) is 1. The monoisotopic (exact) mass is 281 g/mol. The molecule has 0 amide bonds. The highest BCUT2D eigenvalue weighted by molar-refractivity contribution is 5.81. The Kier molecular flexibility index (Phi) is 4.28. The van der Waals surface area contributed by atoms with Crippen molar-refractivity contribution in [3.63, 3.8) is 0 Å². The lowest BCUT2D eigenvalue weighted by molar-refractivity contribution is -0.149. The number of ether oxygens (including phenoxy) is 2. The van der Waals surface area contributed by atoms with Crippen molar-refractivity contribution >= 4 is 5.97 Å². The van der Waals surface area contributed by atoms with E-state index in [0.29, 0.717) is 31.6 Å². The minimum absolute atomic E-state index is 0.145. The third-order valence-electron chi connectivity index (χ3n) is 3.62. The lowest BCUT2D eigenvalue weighted by Crippen LogP contribution is -2.47. The van der Waals surface area contributed by atoms with Crippen molar-refractivity contribution in [2.75, 3.05) is 6.61 Å². The Morgan fingerprint density at radius 3 is 2.95 bits per heavy atom. The van der Waals surface area contributed by atoms with E-state index >= 15 is 0 Å². The molecular weight excluding hydrogens is 261 g/mol. The van der Waals surface area contributed by atoms with Gasteiger partial charge in [0, 0.05) is 6.42 Å². The zero-order valence-electron chi connectivity index (χ0n) is 11.8. The fraction of sp³-hybridized carbons (Fsp3) is 0.533. The average molecular weight is 281 g/mol. The van der Waals surface area contributed by atoms with Crippen LogP contribution in [0, 0.1) is 12.7 Å². The van der Waals surface area contributed by atoms with Crippen molar-refractivity contribution in [3.8, 4) is 5.75 Å². The van der Waals surface area contributed by atoms with Gasteiger partial charge in [-0.3, -0.25) is 4.79 Å². The highest BCUT2D eigenvalue weighted by Gasteiger charge is 2.44. The molecule has 2 unspecified atom stereocenters. The quantitative estimate of drug-likeness (QED) is 0.860. The summed E-state index contributed by atoms with van der Waals surface area (Å²) in [6.07, 6.45) is 1.50. The highest BCUT2D eigenvalue weighted by Crippen LogP contribution is 2.33. The molecule has 0 saturated heterocycles. The Balaban J connectivity index is 2.01. The zero-order chi connectivity index (χ0) is 14.8. The van der Waals surface area contributed by atoms with E-state index < -0.39 is 5.54 Å². The van der Waals surface area contributed by atoms with Crippen molar-refractivity contribution in [1.82, 2.24) is 0 Å². The van der Waals surface area contributed by atoms with Crippen LogP contribution in [0.5, 0.6) is 5.75 Å². The molecule has 0 aliphatic heterocycles. The number of carbonyl (C=O) groups excluding carboxylic acids is 1. The normalized spacial score (nSPS) is 25.5. The summed E-state index contributed by atoms with van der Waals surface area (Å²) in [4.78, 5) is 11.8. The van der Waals surface area contributed by atoms with E-state index in [1.54, 1.807) is 19.9 Å². The minimum Gasteiger partial charge on any atom is -0.490 e. The van der Waals surface area contributed by atoms with Gasteiger partial charge >= 0.3 is 5.97 Å². The van der Waals surface area contributed by atoms with E-state index in [2.05, 4.69) is 0 Å². The molecule has 0 spiro atoms. The molecule has 1 aliphatic carbocycles. The van der Waals surface area contributed by atoms with Crippen LogP contribution in [-0.4, -0.2) is 24.2 Å². The molecule has 110 valence electrons. The van der Waals surface area contributed by atoms with Crippen LogP contribution in [0.15, 0.2) is 18.2 Å². The van der Waals surface area contributed by atoms with E-state index in [1.165, 1.54) is 12.1 Å². The van der Waals surface area contributed by atoms with Crippen molar-refractivity contribution in [1.29, 1.82) is 0 Å². The fourth-order valence-electron chi connectivity index (χ4n) is 2.51. The predicted molar refractivity (Wildman–Crippen MR) is 73.0 cm³/mol. The number of carbonyl (C=O) groups is 1. The average Bonchev–Trinajstić information content (AvgIpc) is 2.76. The molecule has 0 aromatic heterocycles. The molecule has 1 aromatic carbocycles. The molecule has 1 saturated carbocycles. The van der Waals surface area contributed by atoms with Gasteiger partial charge in [-0.2, -0.15) is 0 Å². The summed E-state index contributed by atoms with van der Waals surface area (Å²) < 4.78 is 23.9. The number of esters is 1. The smallest absolute Gasteiger partial charge is 0.326 e. The van der Waals surface area contributed by atoms with Crippen LogP contribution >= 0.6 is 0 Å². The number of aryl methyl sites for hydroxylation is 1. The maximum Gasteiger partial charge on any atom is 0.326 e. The maximum absolute atomic E-state index is 13.0. The van der Waals surface area contributed by atoms with Crippen LogP contribution in [0.25, 0.3) is 0 Å². The van der Waals surface area contributed by atoms with Gasteiger partial charge in [-0.05, 0) is 50.5 Å². The fourth-order valence-corrected chi connectivity index (χ4v) is 2.51. The highest BCUT2D eigenvalue weighted by atomic mass is 19.1. The molecule has 1 aromatic rings. The maximum atomic E-state index is 13.0. The van der Waals surface area contributed by atoms with Gasteiger partial charge in [0.15, 0.2) is 0 Å². The summed E-state index contributed by atoms with van der Waals surface area (Å²) in [5.74, 6) is -0.0348. The Hall–Kier alpha value is -1.62. The Bertz CT molecular complexity index is 506. The van der Waals surface area contributed by atoms with Gasteiger partial charge in [0.05, 0.1) is 6.61 Å². The first-order valence-electron chi connectivity index (χ1n) is 6.83. The summed E-state index contributed by atoms with van der Waals surface area (Å²) in [7, 11) is 0. The molecule has 0 bridgehead atoms. The standard InChI is InChI=1S/C15H20FNO3/c1-3-19-14(18)15(17)7-6-12(9-15)20-13-5-4-11(16)8-10(13)2/h4-5,8,12H,3,6-7,9,17H2,1-2H3. The molecule has 2 rings (SSSR count). The minimum atomic E-state index is -0.964. The van der Waals surface area contributed by atoms with E-state index in [4.69, 9.17) is 15.2 Å². The summed E-state index contributed by atoms with van der Waals surface area (Å²) in [6, 6.07) is 4.38. The topological polar surface area (TPSA) is 61.5 Å². The number of rotatable bonds is 4. The van der Waals surface area contributed by atoms with Crippen molar-refractivity contribution in [3.05, 3.63) is 29.6 Å². The number of nitrogens with two attached hydrogens (primary N) is 1. The molecule has 5 heteroatoms. The van der Waals surface area contributed by atoms with Crippen LogP contribution in [0.4, 0.5) is 4.39 Å². The van der Waals surface area contributed by atoms with Gasteiger partial charge in [0.2, 0.25) is 0 Å². The molecule has 2 N–H and O–H groups in total. The van der Waals surface area contributed by atoms with Gasteiger partial charge in [0.1, 0.15) is 23.2 Å². The summed E-state index contributed by atoms with van der Waals surface area (Å²) >= 11 is 0. The Morgan fingerprint density at radius 2 is 2.30 bits per heavy atom. The second-order valence-electron chi connectivity index (χ2n) is 5.27. The number of halogens is 1. The van der Waals surface area contributed by atoms with Gasteiger partial charge in [-0.15, -0.1) is 0 Å². The van der Waals surface area contributed by atoms with Gasteiger partial charge < -0.3 is 15.2 Å². The van der Waals surface area contributed by atoms with Crippen molar-refractivity contribution in [2.45, 2.75) is 44.8 Å². The molecule has 1 fully saturated rings. The summed E-state index contributed by atoms with van der Waals surface area (Å²) in [5.41, 5.74) is 5.85. The van der Waals surface area contributed by atoms with Crippen molar-refractivity contribution < 1.29 is 18.7 Å². The third kappa shape index (κ3) is 3.10. The third-order valence-corrected chi connectivity index (χ3v) is 3.62. The Morgan fingerprint density at radius 1 is 1.55 bits per heavy atom. The second-order valence-corrected chi connectivity index (χ2v) is 5.27. The van der Waals surface area contributed by atoms with Gasteiger partial charge in [0.25, 0.3) is 0 Å². The largest absolute Gasteiger partial charge is 0.490 e. The molecule has 1 aliphatic rings. The van der Waals surface area contributed by atoms with Crippen LogP contribution in [0.2, 0.25) is 0 Å². The number of benzene rings is 1. The number of hydrogen-bond acceptors (Lipinski definition) is 4. The van der Waals surface area contributed by atoms with Gasteiger partial charge in [-0.1, -0.05) is 0 Å².